The molecule has 1 fully saturated rings. The average Bonchev–Trinajstić information content (AvgIpc) is 3.16. The number of non-ortho nitro benzene ring substituents is 1. The first-order valence-corrected chi connectivity index (χ1v) is 6.44. The van der Waals surface area contributed by atoms with Crippen molar-refractivity contribution in [1.82, 2.24) is 10.1 Å². The first kappa shape index (κ1) is 12.6. The van der Waals surface area contributed by atoms with Gasteiger partial charge in [-0.05, 0) is 24.8 Å². The van der Waals surface area contributed by atoms with Crippen LogP contribution in [0.5, 0.6) is 0 Å². The van der Waals surface area contributed by atoms with Crippen LogP contribution >= 0.6 is 0 Å². The number of rotatable bonds is 4. The number of benzene rings is 1. The second kappa shape index (κ2) is 4.59. The van der Waals surface area contributed by atoms with E-state index in [0.717, 1.165) is 0 Å². The molecule has 1 saturated carbocycles. The standard InChI is InChI=1S/C13H14N4O3/c1-7(8-2-3-8)13-15-12(16-20-13)10-6-9(17(18)19)4-5-11(10)14/h4-8H,2-3,14H2,1H3/t7-/m1/s1. The lowest BCUT2D eigenvalue weighted by Crippen LogP contribution is -1.97. The lowest BCUT2D eigenvalue weighted by molar-refractivity contribution is -0.384. The summed E-state index contributed by atoms with van der Waals surface area (Å²) in [5.41, 5.74) is 6.61. The highest BCUT2D eigenvalue weighted by atomic mass is 16.6. The van der Waals surface area contributed by atoms with E-state index >= 15 is 0 Å². The summed E-state index contributed by atoms with van der Waals surface area (Å²) in [5, 5.41) is 14.7. The normalized spacial score (nSPS) is 16.1. The van der Waals surface area contributed by atoms with Crippen molar-refractivity contribution in [3.63, 3.8) is 0 Å². The van der Waals surface area contributed by atoms with Gasteiger partial charge in [-0.15, -0.1) is 0 Å². The molecule has 1 aromatic heterocycles. The van der Waals surface area contributed by atoms with Gasteiger partial charge in [0, 0.05) is 23.7 Å². The van der Waals surface area contributed by atoms with Gasteiger partial charge in [0.2, 0.25) is 11.7 Å². The van der Waals surface area contributed by atoms with Crippen LogP contribution in [0.4, 0.5) is 11.4 Å². The molecule has 0 unspecified atom stereocenters. The Morgan fingerprint density at radius 2 is 2.25 bits per heavy atom. The van der Waals surface area contributed by atoms with Crippen LogP contribution in [0.15, 0.2) is 22.7 Å². The molecule has 1 aromatic carbocycles. The highest BCUT2D eigenvalue weighted by Gasteiger charge is 2.32. The minimum absolute atomic E-state index is 0.0456. The summed E-state index contributed by atoms with van der Waals surface area (Å²) in [6.07, 6.45) is 2.36. The van der Waals surface area contributed by atoms with Gasteiger partial charge in [0.25, 0.3) is 5.69 Å². The maximum Gasteiger partial charge on any atom is 0.270 e. The first-order chi connectivity index (χ1) is 9.56. The van der Waals surface area contributed by atoms with Crippen LogP contribution in [0.3, 0.4) is 0 Å². The molecule has 1 aliphatic carbocycles. The summed E-state index contributed by atoms with van der Waals surface area (Å²) in [4.78, 5) is 14.7. The van der Waals surface area contributed by atoms with E-state index < -0.39 is 4.92 Å². The molecule has 7 heteroatoms. The van der Waals surface area contributed by atoms with Crippen molar-refractivity contribution in [2.45, 2.75) is 25.7 Å². The van der Waals surface area contributed by atoms with E-state index in [1.807, 2.05) is 6.92 Å². The van der Waals surface area contributed by atoms with Gasteiger partial charge in [-0.25, -0.2) is 0 Å². The molecule has 2 aromatic rings. The molecular formula is C13H14N4O3. The van der Waals surface area contributed by atoms with Gasteiger partial charge in [-0.3, -0.25) is 10.1 Å². The summed E-state index contributed by atoms with van der Waals surface area (Å²) in [6, 6.07) is 4.20. The Morgan fingerprint density at radius 3 is 2.90 bits per heavy atom. The smallest absolute Gasteiger partial charge is 0.270 e. The molecule has 20 heavy (non-hydrogen) atoms. The molecule has 0 saturated heterocycles. The van der Waals surface area contributed by atoms with E-state index in [-0.39, 0.29) is 11.6 Å². The number of nitrogens with zero attached hydrogens (tertiary/aromatic N) is 3. The number of nitrogen functional groups attached to an aromatic ring is 1. The van der Waals surface area contributed by atoms with Crippen LogP contribution < -0.4 is 5.73 Å². The number of aromatic nitrogens is 2. The third kappa shape index (κ3) is 2.22. The zero-order valence-corrected chi connectivity index (χ0v) is 10.9. The minimum atomic E-state index is -0.475. The van der Waals surface area contributed by atoms with Gasteiger partial charge in [-0.1, -0.05) is 12.1 Å². The van der Waals surface area contributed by atoms with Crippen LogP contribution in [-0.2, 0) is 0 Å². The molecule has 1 aliphatic rings. The number of nitro groups is 1. The highest BCUT2D eigenvalue weighted by molar-refractivity contribution is 5.73. The van der Waals surface area contributed by atoms with Gasteiger partial charge in [0.15, 0.2) is 0 Å². The van der Waals surface area contributed by atoms with Gasteiger partial charge in [0.1, 0.15) is 0 Å². The maximum absolute atomic E-state index is 10.8. The molecule has 104 valence electrons. The lowest BCUT2D eigenvalue weighted by Gasteiger charge is -2.02. The van der Waals surface area contributed by atoms with Crippen molar-refractivity contribution in [1.29, 1.82) is 0 Å². The van der Waals surface area contributed by atoms with Crippen molar-refractivity contribution in [2.75, 3.05) is 5.73 Å². The Morgan fingerprint density at radius 1 is 1.50 bits per heavy atom. The Labute approximate surface area is 114 Å². The Balaban J connectivity index is 1.96. The predicted molar refractivity (Wildman–Crippen MR) is 71.9 cm³/mol. The highest BCUT2D eigenvalue weighted by Crippen LogP contribution is 2.42. The summed E-state index contributed by atoms with van der Waals surface area (Å²) in [5.74, 6) is 1.68. The number of nitrogens with two attached hydrogens (primary N) is 1. The molecule has 0 amide bonds. The molecule has 7 nitrogen and oxygen atoms in total. The van der Waals surface area contributed by atoms with Gasteiger partial charge in [-0.2, -0.15) is 4.98 Å². The zero-order chi connectivity index (χ0) is 14.3. The summed E-state index contributed by atoms with van der Waals surface area (Å²) in [6.45, 7) is 2.05. The van der Waals surface area contributed by atoms with E-state index in [4.69, 9.17) is 10.3 Å². The number of anilines is 1. The van der Waals surface area contributed by atoms with E-state index in [1.165, 1.54) is 31.0 Å². The molecule has 1 atom stereocenters. The quantitative estimate of drug-likeness (QED) is 0.521. The van der Waals surface area contributed by atoms with Crippen molar-refractivity contribution >= 4 is 11.4 Å². The monoisotopic (exact) mass is 274 g/mol. The fourth-order valence-corrected chi connectivity index (χ4v) is 2.18. The van der Waals surface area contributed by atoms with Crippen LogP contribution in [0.25, 0.3) is 11.4 Å². The van der Waals surface area contributed by atoms with Gasteiger partial charge < -0.3 is 10.3 Å². The predicted octanol–water partition coefficient (Wildman–Crippen LogP) is 2.74. The number of nitro benzene ring substituents is 1. The molecule has 0 bridgehead atoms. The fraction of sp³-hybridized carbons (Fsp3) is 0.385. The van der Waals surface area contributed by atoms with E-state index in [1.54, 1.807) is 0 Å². The maximum atomic E-state index is 10.8. The molecule has 1 heterocycles. The van der Waals surface area contributed by atoms with Crippen LogP contribution in [0, 0.1) is 16.0 Å². The Hall–Kier alpha value is -2.44. The second-order valence-electron chi connectivity index (χ2n) is 5.11. The third-order valence-electron chi connectivity index (χ3n) is 3.65. The van der Waals surface area contributed by atoms with Crippen LogP contribution in [0.1, 0.15) is 31.6 Å². The first-order valence-electron chi connectivity index (χ1n) is 6.44. The van der Waals surface area contributed by atoms with Crippen LogP contribution in [0.2, 0.25) is 0 Å². The van der Waals surface area contributed by atoms with Gasteiger partial charge in [0.05, 0.1) is 10.5 Å². The van der Waals surface area contributed by atoms with Gasteiger partial charge >= 0.3 is 0 Å². The minimum Gasteiger partial charge on any atom is -0.398 e. The molecule has 0 aliphatic heterocycles. The third-order valence-corrected chi connectivity index (χ3v) is 3.65. The molecule has 0 radical (unpaired) electrons. The number of hydrogen-bond acceptors (Lipinski definition) is 6. The average molecular weight is 274 g/mol. The van der Waals surface area contributed by atoms with Crippen molar-refractivity contribution in [2.24, 2.45) is 5.92 Å². The zero-order valence-electron chi connectivity index (χ0n) is 10.9. The molecule has 3 rings (SSSR count). The topological polar surface area (TPSA) is 108 Å². The molecule has 0 spiro atoms. The van der Waals surface area contributed by atoms with Crippen LogP contribution in [-0.4, -0.2) is 15.1 Å². The summed E-state index contributed by atoms with van der Waals surface area (Å²) >= 11 is 0. The fourth-order valence-electron chi connectivity index (χ4n) is 2.18. The van der Waals surface area contributed by atoms with Crippen molar-refractivity contribution in [3.8, 4) is 11.4 Å². The van der Waals surface area contributed by atoms with E-state index in [9.17, 15) is 10.1 Å². The lowest BCUT2D eigenvalue weighted by atomic mass is 10.1. The summed E-state index contributed by atoms with van der Waals surface area (Å²) in [7, 11) is 0. The number of hydrogen-bond donors (Lipinski definition) is 1. The second-order valence-corrected chi connectivity index (χ2v) is 5.11. The van der Waals surface area contributed by atoms with E-state index in [2.05, 4.69) is 10.1 Å². The molecular weight excluding hydrogens is 260 g/mol. The SMILES string of the molecule is C[C@@H](c1nc(-c2cc([N+](=O)[O-])ccc2N)no1)C1CC1. The van der Waals surface area contributed by atoms with E-state index in [0.29, 0.717) is 28.9 Å². The summed E-state index contributed by atoms with van der Waals surface area (Å²) < 4.78 is 5.25. The van der Waals surface area contributed by atoms with Crippen molar-refractivity contribution < 1.29 is 9.45 Å². The Kier molecular flexibility index (Phi) is 2.89. The Bertz CT molecular complexity index is 663. The molecule has 2 N–H and O–H groups in total. The largest absolute Gasteiger partial charge is 0.398 e. The van der Waals surface area contributed by atoms with Crippen molar-refractivity contribution in [3.05, 3.63) is 34.2 Å².